The van der Waals surface area contributed by atoms with E-state index in [1.807, 2.05) is 0 Å². The molecule has 138 valence electrons. The maximum atomic E-state index is 13.2. The summed E-state index contributed by atoms with van der Waals surface area (Å²) in [5, 5.41) is 33.8. The molecule has 0 aliphatic heterocycles. The van der Waals surface area contributed by atoms with Gasteiger partial charge in [0.15, 0.2) is 11.5 Å². The summed E-state index contributed by atoms with van der Waals surface area (Å²) >= 11 is 0. The van der Waals surface area contributed by atoms with Crippen LogP contribution in [0.2, 0.25) is 0 Å². The van der Waals surface area contributed by atoms with Crippen LogP contribution < -0.4 is 16.4 Å². The van der Waals surface area contributed by atoms with Gasteiger partial charge in [0.25, 0.3) is 0 Å². The lowest BCUT2D eigenvalue weighted by molar-refractivity contribution is -0.122. The molecule has 1 aromatic heterocycles. The van der Waals surface area contributed by atoms with Crippen LogP contribution in [0.1, 0.15) is 34.6 Å². The van der Waals surface area contributed by atoms with Crippen molar-refractivity contribution in [2.75, 3.05) is 13.2 Å². The lowest BCUT2D eigenvalue weighted by Crippen LogP contribution is -2.39. The minimum absolute atomic E-state index is 0.0188. The Morgan fingerprint density at radius 2 is 2.31 bits per heavy atom. The van der Waals surface area contributed by atoms with Crippen molar-refractivity contribution in [1.29, 1.82) is 0 Å². The number of nitrogens with zero attached hydrogens (tertiary/aromatic N) is 3. The van der Waals surface area contributed by atoms with Gasteiger partial charge in [0.1, 0.15) is 17.6 Å². The molecule has 0 bridgehead atoms. The number of amides is 1. The van der Waals surface area contributed by atoms with Crippen LogP contribution in [-0.2, 0) is 11.2 Å². The van der Waals surface area contributed by atoms with Gasteiger partial charge in [-0.3, -0.25) is 4.79 Å². The highest BCUT2D eigenvalue weighted by Crippen LogP contribution is 2.33. The normalized spacial score (nSPS) is 17.2. The van der Waals surface area contributed by atoms with E-state index in [2.05, 4.69) is 30.7 Å². The monoisotopic (exact) mass is 364 g/mol. The molecule has 2 atom stereocenters. The number of hydrogen-bond donors (Lipinski definition) is 5. The third-order valence-electron chi connectivity index (χ3n) is 4.04. The number of fused-ring (bicyclic) bond motifs is 1. The van der Waals surface area contributed by atoms with Crippen LogP contribution in [0.5, 0.6) is 0 Å². The van der Waals surface area contributed by atoms with Crippen molar-refractivity contribution in [3.8, 4) is 0 Å². The zero-order valence-electron chi connectivity index (χ0n) is 13.5. The summed E-state index contributed by atoms with van der Waals surface area (Å²) in [4.78, 5) is 11.9. The quantitative estimate of drug-likeness (QED) is 0.195. The molecule has 1 aliphatic rings. The van der Waals surface area contributed by atoms with E-state index in [4.69, 9.17) is 10.8 Å². The van der Waals surface area contributed by atoms with E-state index in [-0.39, 0.29) is 42.2 Å². The number of oxime groups is 1. The number of carbonyl (C=O) groups excluding carboxylic acids is 1. The predicted molar refractivity (Wildman–Crippen MR) is 85.6 cm³/mol. The van der Waals surface area contributed by atoms with E-state index in [9.17, 15) is 14.4 Å². The van der Waals surface area contributed by atoms with Gasteiger partial charge in [-0.05, 0) is 34.8 Å². The third-order valence-corrected chi connectivity index (χ3v) is 4.04. The second-order valence-electron chi connectivity index (χ2n) is 5.68. The number of carbonyl (C=O) groups is 1. The lowest BCUT2D eigenvalue weighted by Gasteiger charge is -2.31. The second-order valence-corrected chi connectivity index (χ2v) is 5.68. The van der Waals surface area contributed by atoms with Gasteiger partial charge >= 0.3 is 0 Å². The summed E-state index contributed by atoms with van der Waals surface area (Å²) in [5.74, 6) is -0.995. The molecule has 1 amide bonds. The third kappa shape index (κ3) is 3.34. The number of nitrogens with two attached hydrogens (primary N) is 1. The number of hydrogen-bond acceptors (Lipinski definition) is 8. The number of rotatable bonds is 6. The highest BCUT2D eigenvalue weighted by atomic mass is 19.1. The van der Waals surface area contributed by atoms with E-state index >= 15 is 0 Å². The SMILES string of the molecule is NC(C(=O)NCCO)c1nonc1/C(=N\O)NC1Cc2cc(F)ccc21. The molecule has 1 aromatic carbocycles. The Labute approximate surface area is 146 Å². The highest BCUT2D eigenvalue weighted by Gasteiger charge is 2.32. The summed E-state index contributed by atoms with van der Waals surface area (Å²) in [6.45, 7) is -0.212. The van der Waals surface area contributed by atoms with Crippen molar-refractivity contribution < 1.29 is 24.1 Å². The van der Waals surface area contributed by atoms with Gasteiger partial charge in [-0.15, -0.1) is 0 Å². The summed E-state index contributed by atoms with van der Waals surface area (Å²) in [6, 6.07) is 2.96. The molecular formula is C15H17FN6O4. The molecule has 2 aromatic rings. The number of aliphatic hydroxyl groups is 1. The smallest absolute Gasteiger partial charge is 0.243 e. The Kier molecular flexibility index (Phi) is 5.09. The molecule has 0 fully saturated rings. The summed E-state index contributed by atoms with van der Waals surface area (Å²) in [6.07, 6.45) is 0.524. The Bertz CT molecular complexity index is 839. The van der Waals surface area contributed by atoms with E-state index in [0.717, 1.165) is 11.1 Å². The van der Waals surface area contributed by atoms with Gasteiger partial charge in [0.05, 0.1) is 12.6 Å². The van der Waals surface area contributed by atoms with Crippen molar-refractivity contribution in [1.82, 2.24) is 20.9 Å². The van der Waals surface area contributed by atoms with E-state index in [0.29, 0.717) is 6.42 Å². The first-order valence-corrected chi connectivity index (χ1v) is 7.79. The van der Waals surface area contributed by atoms with Crippen molar-refractivity contribution in [3.05, 3.63) is 46.5 Å². The fraction of sp³-hybridized carbons (Fsp3) is 0.333. The van der Waals surface area contributed by atoms with Crippen LogP contribution in [-0.4, -0.2) is 45.5 Å². The molecule has 0 saturated heterocycles. The van der Waals surface area contributed by atoms with Crippen LogP contribution in [0.15, 0.2) is 28.0 Å². The maximum Gasteiger partial charge on any atom is 0.243 e. The second kappa shape index (κ2) is 7.45. The fourth-order valence-corrected chi connectivity index (χ4v) is 2.71. The summed E-state index contributed by atoms with van der Waals surface area (Å²) in [7, 11) is 0. The van der Waals surface area contributed by atoms with Gasteiger partial charge in [-0.2, -0.15) is 0 Å². The molecular weight excluding hydrogens is 347 g/mol. The lowest BCUT2D eigenvalue weighted by atomic mass is 9.83. The Balaban J connectivity index is 1.75. The van der Waals surface area contributed by atoms with Gasteiger partial charge < -0.3 is 26.7 Å². The standard InChI is InChI=1S/C15H17FN6O4/c16-8-1-2-9-7(5-8)6-10(9)19-14(20-25)13-12(21-26-22-13)11(17)15(24)18-3-4-23/h1-2,5,10-11,23,25H,3-4,6,17H2,(H,18,24)(H,19,20). The molecule has 26 heavy (non-hydrogen) atoms. The average Bonchev–Trinajstić information content (AvgIpc) is 3.10. The summed E-state index contributed by atoms with van der Waals surface area (Å²) < 4.78 is 17.8. The van der Waals surface area contributed by atoms with Crippen LogP contribution in [0.4, 0.5) is 4.39 Å². The fourth-order valence-electron chi connectivity index (χ4n) is 2.71. The predicted octanol–water partition coefficient (Wildman–Crippen LogP) is -0.660. The number of halogens is 1. The average molecular weight is 364 g/mol. The highest BCUT2D eigenvalue weighted by molar-refractivity contribution is 5.99. The molecule has 11 heteroatoms. The van der Waals surface area contributed by atoms with Gasteiger partial charge in [0, 0.05) is 6.54 Å². The van der Waals surface area contributed by atoms with Gasteiger partial charge in [0.2, 0.25) is 5.91 Å². The Morgan fingerprint density at radius 1 is 1.50 bits per heavy atom. The number of aromatic nitrogens is 2. The zero-order valence-corrected chi connectivity index (χ0v) is 13.5. The molecule has 6 N–H and O–H groups in total. The van der Waals surface area contributed by atoms with Crippen LogP contribution in [0.3, 0.4) is 0 Å². The molecule has 0 saturated carbocycles. The Hall–Kier alpha value is -3.05. The van der Waals surface area contributed by atoms with Gasteiger partial charge in [-0.25, -0.2) is 9.02 Å². The van der Waals surface area contributed by atoms with Crippen LogP contribution >= 0.6 is 0 Å². The van der Waals surface area contributed by atoms with E-state index < -0.39 is 11.9 Å². The van der Waals surface area contributed by atoms with Crippen molar-refractivity contribution in [2.24, 2.45) is 10.9 Å². The van der Waals surface area contributed by atoms with Crippen molar-refractivity contribution in [3.63, 3.8) is 0 Å². The largest absolute Gasteiger partial charge is 0.409 e. The molecule has 1 heterocycles. The first-order valence-electron chi connectivity index (χ1n) is 7.79. The summed E-state index contributed by atoms with van der Waals surface area (Å²) in [5.41, 5.74) is 7.48. The maximum absolute atomic E-state index is 13.2. The number of aliphatic hydroxyl groups excluding tert-OH is 1. The van der Waals surface area contributed by atoms with E-state index in [1.165, 1.54) is 12.1 Å². The number of amidine groups is 1. The molecule has 0 radical (unpaired) electrons. The van der Waals surface area contributed by atoms with E-state index in [1.54, 1.807) is 6.07 Å². The number of benzene rings is 1. The van der Waals surface area contributed by atoms with Crippen molar-refractivity contribution >= 4 is 11.7 Å². The minimum atomic E-state index is -1.23. The van der Waals surface area contributed by atoms with Crippen LogP contribution in [0.25, 0.3) is 0 Å². The molecule has 2 unspecified atom stereocenters. The minimum Gasteiger partial charge on any atom is -0.409 e. The molecule has 10 nitrogen and oxygen atoms in total. The molecule has 3 rings (SSSR count). The van der Waals surface area contributed by atoms with Crippen molar-refractivity contribution in [2.45, 2.75) is 18.5 Å². The zero-order chi connectivity index (χ0) is 18.7. The topological polar surface area (TPSA) is 159 Å². The first kappa shape index (κ1) is 17.8. The van der Waals surface area contributed by atoms with Gasteiger partial charge in [-0.1, -0.05) is 16.4 Å². The first-order chi connectivity index (χ1) is 12.5. The number of nitrogens with one attached hydrogen (secondary N) is 2. The Morgan fingerprint density at radius 3 is 3.00 bits per heavy atom. The van der Waals surface area contributed by atoms with Crippen LogP contribution in [0, 0.1) is 5.82 Å². The molecule has 1 aliphatic carbocycles. The molecule has 0 spiro atoms.